The first kappa shape index (κ1) is 8.49. The van der Waals surface area contributed by atoms with Gasteiger partial charge in [-0.1, -0.05) is 19.2 Å². The highest BCUT2D eigenvalue weighted by Crippen LogP contribution is 1.96. The van der Waals surface area contributed by atoms with Crippen LogP contribution in [-0.2, 0) is 0 Å². The molecule has 0 bridgehead atoms. The molecule has 3 nitrogen and oxygen atoms in total. The maximum Gasteiger partial charge on any atom is 0.0907 e. The second-order valence-corrected chi connectivity index (χ2v) is 1.54. The Morgan fingerprint density at radius 1 is 1.30 bits per heavy atom. The summed E-state index contributed by atoms with van der Waals surface area (Å²) >= 11 is 0. The molecular formula is C7H11N3. The lowest BCUT2D eigenvalue weighted by Crippen LogP contribution is -2.02. The quantitative estimate of drug-likeness (QED) is 0.258. The normalized spacial score (nSPS) is 12.8. The molecule has 0 spiro atoms. The molecular weight excluding hydrogens is 126 g/mol. The van der Waals surface area contributed by atoms with Gasteiger partial charge in [0.25, 0.3) is 0 Å². The lowest BCUT2D eigenvalue weighted by Gasteiger charge is -1.96. The zero-order valence-corrected chi connectivity index (χ0v) is 5.75. The molecule has 0 rings (SSSR count). The average Bonchev–Trinajstić information content (AvgIpc) is 2.00. The van der Waals surface area contributed by atoms with E-state index < -0.39 is 0 Å². The van der Waals surface area contributed by atoms with E-state index in [1.807, 2.05) is 0 Å². The largest absolute Gasteiger partial charge is 0.404 e. The van der Waals surface area contributed by atoms with E-state index in [2.05, 4.69) is 18.3 Å². The van der Waals surface area contributed by atoms with Crippen LogP contribution in [0.3, 0.4) is 0 Å². The minimum absolute atomic E-state index is 0.539. The zero-order chi connectivity index (χ0) is 7.98. The Hall–Kier alpha value is -1.51. The molecule has 0 aromatic heterocycles. The number of hydrogen-bond donors (Lipinski definition) is 2. The smallest absolute Gasteiger partial charge is 0.0907 e. The highest BCUT2D eigenvalue weighted by molar-refractivity contribution is 6.09. The van der Waals surface area contributed by atoms with Gasteiger partial charge in [-0.15, -0.1) is 0 Å². The van der Waals surface area contributed by atoms with Crippen molar-refractivity contribution >= 4 is 5.71 Å². The maximum absolute atomic E-state index is 5.22. The van der Waals surface area contributed by atoms with Gasteiger partial charge in [0, 0.05) is 11.8 Å². The summed E-state index contributed by atoms with van der Waals surface area (Å²) in [6.07, 6.45) is 4.45. The monoisotopic (exact) mass is 137 g/mol. The summed E-state index contributed by atoms with van der Waals surface area (Å²) in [6, 6.07) is 0. The van der Waals surface area contributed by atoms with Crippen LogP contribution in [0.4, 0.5) is 0 Å². The van der Waals surface area contributed by atoms with Crippen LogP contribution < -0.4 is 11.6 Å². The summed E-state index contributed by atoms with van der Waals surface area (Å²) in [6.45, 7) is 7.01. The molecule has 0 aromatic rings. The van der Waals surface area contributed by atoms with Crippen molar-refractivity contribution in [2.45, 2.75) is 0 Å². The van der Waals surface area contributed by atoms with E-state index in [1.54, 1.807) is 6.08 Å². The highest BCUT2D eigenvalue weighted by Gasteiger charge is 1.95. The highest BCUT2D eigenvalue weighted by atomic mass is 15.1. The van der Waals surface area contributed by atoms with E-state index in [0.29, 0.717) is 11.3 Å². The molecule has 0 saturated carbocycles. The number of rotatable bonds is 3. The molecule has 0 aromatic carbocycles. The number of nitrogens with zero attached hydrogens (tertiary/aromatic N) is 1. The summed E-state index contributed by atoms with van der Waals surface area (Å²) < 4.78 is 0. The number of hydrazone groups is 1. The van der Waals surface area contributed by atoms with Gasteiger partial charge in [0.2, 0.25) is 0 Å². The van der Waals surface area contributed by atoms with E-state index >= 15 is 0 Å². The minimum Gasteiger partial charge on any atom is -0.404 e. The standard InChI is InChI=1S/C7H11N3/c1-3-6(5-8)7(4-2)10-9/h3-5H,1-2,8-9H2/b6-5-,10-7-. The fourth-order valence-corrected chi connectivity index (χ4v) is 0.503. The van der Waals surface area contributed by atoms with E-state index in [1.165, 1.54) is 12.3 Å². The van der Waals surface area contributed by atoms with Gasteiger partial charge >= 0.3 is 0 Å². The third-order valence-corrected chi connectivity index (χ3v) is 1.03. The second kappa shape index (κ2) is 4.38. The van der Waals surface area contributed by atoms with Crippen LogP contribution in [0.1, 0.15) is 0 Å². The molecule has 0 atom stereocenters. The molecule has 0 saturated heterocycles. The molecule has 0 amide bonds. The third kappa shape index (κ3) is 1.78. The Kier molecular flexibility index (Phi) is 3.72. The van der Waals surface area contributed by atoms with Gasteiger partial charge < -0.3 is 11.6 Å². The Morgan fingerprint density at radius 2 is 1.90 bits per heavy atom. The van der Waals surface area contributed by atoms with Crippen molar-refractivity contribution in [1.29, 1.82) is 0 Å². The van der Waals surface area contributed by atoms with Gasteiger partial charge in [-0.05, 0) is 6.08 Å². The Balaban J connectivity index is 4.58. The summed E-state index contributed by atoms with van der Waals surface area (Å²) in [7, 11) is 0. The van der Waals surface area contributed by atoms with Gasteiger partial charge in [0.05, 0.1) is 5.71 Å². The van der Waals surface area contributed by atoms with Crippen molar-refractivity contribution in [2.75, 3.05) is 0 Å². The van der Waals surface area contributed by atoms with Crippen molar-refractivity contribution < 1.29 is 0 Å². The molecule has 10 heavy (non-hydrogen) atoms. The van der Waals surface area contributed by atoms with Crippen molar-refractivity contribution in [3.05, 3.63) is 37.1 Å². The van der Waals surface area contributed by atoms with Crippen LogP contribution >= 0.6 is 0 Å². The predicted molar refractivity (Wildman–Crippen MR) is 44.3 cm³/mol. The fourth-order valence-electron chi connectivity index (χ4n) is 0.503. The van der Waals surface area contributed by atoms with E-state index in [0.717, 1.165) is 0 Å². The van der Waals surface area contributed by atoms with Gasteiger partial charge in [-0.2, -0.15) is 5.10 Å². The lowest BCUT2D eigenvalue weighted by molar-refractivity contribution is 1.25. The van der Waals surface area contributed by atoms with Gasteiger partial charge in [-0.25, -0.2) is 0 Å². The molecule has 4 N–H and O–H groups in total. The first-order chi connectivity index (χ1) is 4.79. The van der Waals surface area contributed by atoms with Crippen LogP contribution in [0, 0.1) is 0 Å². The van der Waals surface area contributed by atoms with Gasteiger partial charge in [0.1, 0.15) is 0 Å². The summed E-state index contributed by atoms with van der Waals surface area (Å²) in [5.74, 6) is 5.01. The number of allylic oxidation sites excluding steroid dienone is 3. The van der Waals surface area contributed by atoms with E-state index in [9.17, 15) is 0 Å². The van der Waals surface area contributed by atoms with E-state index in [4.69, 9.17) is 11.6 Å². The lowest BCUT2D eigenvalue weighted by atomic mass is 10.2. The average molecular weight is 137 g/mol. The van der Waals surface area contributed by atoms with Gasteiger partial charge in [0.15, 0.2) is 0 Å². The maximum atomic E-state index is 5.22. The third-order valence-electron chi connectivity index (χ3n) is 1.03. The SMILES string of the molecule is C=CC(=C/N)/C(C=C)=N\N. The Labute approximate surface area is 60.4 Å². The summed E-state index contributed by atoms with van der Waals surface area (Å²) in [4.78, 5) is 0. The Bertz CT molecular complexity index is 167. The first-order valence-electron chi connectivity index (χ1n) is 2.75. The molecule has 0 aliphatic heterocycles. The van der Waals surface area contributed by atoms with Crippen LogP contribution in [0.15, 0.2) is 42.2 Å². The fraction of sp³-hybridized carbons (Fsp3) is 0. The van der Waals surface area contributed by atoms with Crippen molar-refractivity contribution in [1.82, 2.24) is 0 Å². The van der Waals surface area contributed by atoms with Crippen molar-refractivity contribution in [2.24, 2.45) is 16.7 Å². The first-order valence-corrected chi connectivity index (χ1v) is 2.75. The minimum atomic E-state index is 0.539. The van der Waals surface area contributed by atoms with E-state index in [-0.39, 0.29) is 0 Å². The molecule has 0 fully saturated rings. The second-order valence-electron chi connectivity index (χ2n) is 1.54. The number of nitrogens with two attached hydrogens (primary N) is 2. The number of hydrogen-bond acceptors (Lipinski definition) is 3. The molecule has 3 heteroatoms. The zero-order valence-electron chi connectivity index (χ0n) is 5.75. The molecule has 0 radical (unpaired) electrons. The van der Waals surface area contributed by atoms with Crippen LogP contribution in [0.5, 0.6) is 0 Å². The van der Waals surface area contributed by atoms with Crippen LogP contribution in [-0.4, -0.2) is 5.71 Å². The molecule has 54 valence electrons. The predicted octanol–water partition coefficient (Wildman–Crippen LogP) is 0.516. The topological polar surface area (TPSA) is 64.4 Å². The summed E-state index contributed by atoms with van der Waals surface area (Å²) in [5, 5.41) is 3.43. The molecule has 0 heterocycles. The van der Waals surface area contributed by atoms with Crippen molar-refractivity contribution in [3.63, 3.8) is 0 Å². The van der Waals surface area contributed by atoms with Crippen LogP contribution in [0.25, 0.3) is 0 Å². The summed E-state index contributed by atoms with van der Waals surface area (Å²) in [5.41, 5.74) is 6.44. The molecule has 0 unspecified atom stereocenters. The van der Waals surface area contributed by atoms with Crippen molar-refractivity contribution in [3.8, 4) is 0 Å². The Morgan fingerprint density at radius 3 is 2.00 bits per heavy atom. The molecule has 0 aliphatic rings. The van der Waals surface area contributed by atoms with Gasteiger partial charge in [-0.3, -0.25) is 0 Å². The van der Waals surface area contributed by atoms with Crippen LogP contribution in [0.2, 0.25) is 0 Å². The molecule has 0 aliphatic carbocycles.